The van der Waals surface area contributed by atoms with Crippen LogP contribution in [0.15, 0.2) is 134 Å². The van der Waals surface area contributed by atoms with E-state index in [1.807, 2.05) is 24.5 Å². The highest BCUT2D eigenvalue weighted by molar-refractivity contribution is 6.11. The first-order valence-corrected chi connectivity index (χ1v) is 13.3. The van der Waals surface area contributed by atoms with E-state index in [0.717, 1.165) is 44.6 Å². The predicted octanol–water partition coefficient (Wildman–Crippen LogP) is 8.81. The summed E-state index contributed by atoms with van der Waals surface area (Å²) < 4.78 is 4.61. The van der Waals surface area contributed by atoms with Crippen molar-refractivity contribution in [2.75, 3.05) is 0 Å². The molecule has 0 bridgehead atoms. The minimum atomic E-state index is 0.615. The SMILES string of the molecule is N#Cc1ccc(-n2c3ccccc3c3ccccc32)c(-c2ccncc2-n2c3ccccc3c3ccccc32)c1. The van der Waals surface area contributed by atoms with Crippen molar-refractivity contribution in [2.24, 2.45) is 0 Å². The van der Waals surface area contributed by atoms with Gasteiger partial charge in [0.1, 0.15) is 0 Å². The van der Waals surface area contributed by atoms with Crippen LogP contribution in [0.5, 0.6) is 0 Å². The lowest BCUT2D eigenvalue weighted by Crippen LogP contribution is -2.02. The molecule has 0 aliphatic heterocycles. The Morgan fingerprint density at radius 3 is 1.48 bits per heavy atom. The fourth-order valence-electron chi connectivity index (χ4n) is 6.17. The highest BCUT2D eigenvalue weighted by atomic mass is 15.0. The Morgan fingerprint density at radius 1 is 0.500 bits per heavy atom. The summed E-state index contributed by atoms with van der Waals surface area (Å²) in [6.45, 7) is 0. The van der Waals surface area contributed by atoms with E-state index in [2.05, 4.69) is 129 Å². The highest BCUT2D eigenvalue weighted by Crippen LogP contribution is 2.40. The number of rotatable bonds is 3. The van der Waals surface area contributed by atoms with Gasteiger partial charge in [-0.2, -0.15) is 5.26 Å². The van der Waals surface area contributed by atoms with E-state index in [1.54, 1.807) is 0 Å². The second kappa shape index (κ2) is 8.69. The second-order valence-corrected chi connectivity index (χ2v) is 9.98. The van der Waals surface area contributed by atoms with Crippen LogP contribution in [-0.2, 0) is 0 Å². The molecule has 3 heterocycles. The monoisotopic (exact) mass is 510 g/mol. The number of nitrogens with zero attached hydrogens (tertiary/aromatic N) is 4. The number of hydrogen-bond donors (Lipinski definition) is 0. The van der Waals surface area contributed by atoms with E-state index >= 15 is 0 Å². The van der Waals surface area contributed by atoms with Crippen molar-refractivity contribution in [1.82, 2.24) is 14.1 Å². The van der Waals surface area contributed by atoms with E-state index in [0.29, 0.717) is 5.56 Å². The largest absolute Gasteiger partial charge is 0.309 e. The van der Waals surface area contributed by atoms with Crippen molar-refractivity contribution in [2.45, 2.75) is 0 Å². The third-order valence-corrected chi connectivity index (χ3v) is 7.86. The molecule has 0 amide bonds. The number of para-hydroxylation sites is 4. The summed E-state index contributed by atoms with van der Waals surface area (Å²) in [5.74, 6) is 0. The Morgan fingerprint density at radius 2 is 0.975 bits per heavy atom. The maximum absolute atomic E-state index is 9.94. The van der Waals surface area contributed by atoms with Crippen LogP contribution in [0.4, 0.5) is 0 Å². The van der Waals surface area contributed by atoms with Crippen molar-refractivity contribution >= 4 is 43.6 Å². The molecule has 0 atom stereocenters. The van der Waals surface area contributed by atoms with Crippen molar-refractivity contribution in [3.05, 3.63) is 139 Å². The zero-order chi connectivity index (χ0) is 26.6. The third kappa shape index (κ3) is 3.15. The highest BCUT2D eigenvalue weighted by Gasteiger charge is 2.20. The number of fused-ring (bicyclic) bond motifs is 6. The number of nitriles is 1. The average Bonchev–Trinajstić information content (AvgIpc) is 3.54. The van der Waals surface area contributed by atoms with Gasteiger partial charge in [0.15, 0.2) is 0 Å². The van der Waals surface area contributed by atoms with E-state index in [9.17, 15) is 5.26 Å². The van der Waals surface area contributed by atoms with Crippen LogP contribution in [0.25, 0.3) is 66.1 Å². The topological polar surface area (TPSA) is 46.5 Å². The molecule has 5 aromatic carbocycles. The molecule has 3 aromatic heterocycles. The van der Waals surface area contributed by atoms with Gasteiger partial charge < -0.3 is 9.13 Å². The number of benzene rings is 5. The normalized spacial score (nSPS) is 11.5. The Hall–Kier alpha value is -5.66. The van der Waals surface area contributed by atoms with Crippen molar-refractivity contribution in [3.63, 3.8) is 0 Å². The molecule has 186 valence electrons. The van der Waals surface area contributed by atoms with Crippen LogP contribution in [0.2, 0.25) is 0 Å². The van der Waals surface area contributed by atoms with E-state index in [-0.39, 0.29) is 0 Å². The molecule has 0 saturated heterocycles. The van der Waals surface area contributed by atoms with Crippen LogP contribution in [0, 0.1) is 11.3 Å². The molecule has 0 spiro atoms. The van der Waals surface area contributed by atoms with Gasteiger partial charge >= 0.3 is 0 Å². The number of aromatic nitrogens is 3. The zero-order valence-electron chi connectivity index (χ0n) is 21.5. The van der Waals surface area contributed by atoms with Crippen molar-refractivity contribution < 1.29 is 0 Å². The fraction of sp³-hybridized carbons (Fsp3) is 0. The molecule has 0 radical (unpaired) electrons. The minimum Gasteiger partial charge on any atom is -0.309 e. The van der Waals surface area contributed by atoms with Crippen LogP contribution in [0.3, 0.4) is 0 Å². The molecule has 40 heavy (non-hydrogen) atoms. The molecule has 0 unspecified atom stereocenters. The molecular weight excluding hydrogens is 488 g/mol. The summed E-state index contributed by atoms with van der Waals surface area (Å²) in [7, 11) is 0. The standard InChI is InChI=1S/C36H22N4/c37-22-24-17-18-35(39-31-13-5-1-9-25(31)26-10-2-6-14-32(26)39)30(21-24)29-19-20-38-23-36(29)40-33-15-7-3-11-27(33)28-12-4-8-16-34(28)40/h1-21,23H. The van der Waals surface area contributed by atoms with Crippen LogP contribution in [-0.4, -0.2) is 14.1 Å². The molecule has 0 N–H and O–H groups in total. The Labute approximate surface area is 230 Å². The average molecular weight is 511 g/mol. The van der Waals surface area contributed by atoms with Gasteiger partial charge in [-0.1, -0.05) is 72.8 Å². The Balaban J connectivity index is 1.50. The number of pyridine rings is 1. The maximum Gasteiger partial charge on any atom is 0.0991 e. The van der Waals surface area contributed by atoms with E-state index in [4.69, 9.17) is 0 Å². The van der Waals surface area contributed by atoms with Gasteiger partial charge in [-0.05, 0) is 48.5 Å². The zero-order valence-corrected chi connectivity index (χ0v) is 21.5. The molecule has 4 heteroatoms. The van der Waals surface area contributed by atoms with Gasteiger partial charge in [0.2, 0.25) is 0 Å². The first kappa shape index (κ1) is 22.3. The van der Waals surface area contributed by atoms with Crippen molar-refractivity contribution in [3.8, 4) is 28.6 Å². The molecule has 0 aliphatic rings. The summed E-state index contributed by atoms with van der Waals surface area (Å²) in [5, 5.41) is 14.7. The van der Waals surface area contributed by atoms with Gasteiger partial charge in [0.05, 0.1) is 51.3 Å². The van der Waals surface area contributed by atoms with Crippen LogP contribution < -0.4 is 0 Å². The fourth-order valence-corrected chi connectivity index (χ4v) is 6.17. The quantitative estimate of drug-likeness (QED) is 0.238. The van der Waals surface area contributed by atoms with E-state index in [1.165, 1.54) is 21.5 Å². The van der Waals surface area contributed by atoms with Crippen LogP contribution >= 0.6 is 0 Å². The summed E-state index contributed by atoms with van der Waals surface area (Å²) >= 11 is 0. The molecule has 4 nitrogen and oxygen atoms in total. The van der Waals surface area contributed by atoms with E-state index < -0.39 is 0 Å². The smallest absolute Gasteiger partial charge is 0.0991 e. The predicted molar refractivity (Wildman–Crippen MR) is 163 cm³/mol. The lowest BCUT2D eigenvalue weighted by atomic mass is 10.00. The Bertz CT molecular complexity index is 2190. The van der Waals surface area contributed by atoms with Gasteiger partial charge in [-0.15, -0.1) is 0 Å². The van der Waals surface area contributed by atoms with Gasteiger partial charge in [-0.3, -0.25) is 4.98 Å². The molecular formula is C36H22N4. The summed E-state index contributed by atoms with van der Waals surface area (Å²) in [4.78, 5) is 4.58. The van der Waals surface area contributed by atoms with Crippen molar-refractivity contribution in [1.29, 1.82) is 5.26 Å². The third-order valence-electron chi connectivity index (χ3n) is 7.86. The summed E-state index contributed by atoms with van der Waals surface area (Å²) in [6, 6.07) is 44.4. The van der Waals surface area contributed by atoms with Gasteiger partial charge in [0.25, 0.3) is 0 Å². The second-order valence-electron chi connectivity index (χ2n) is 9.98. The summed E-state index contributed by atoms with van der Waals surface area (Å²) in [5.41, 5.74) is 9.08. The lowest BCUT2D eigenvalue weighted by molar-refractivity contribution is 1.13. The molecule has 0 aliphatic carbocycles. The van der Waals surface area contributed by atoms with Gasteiger partial charge in [-0.25, -0.2) is 0 Å². The first-order valence-electron chi connectivity index (χ1n) is 13.3. The summed E-state index contributed by atoms with van der Waals surface area (Å²) in [6.07, 6.45) is 3.77. The van der Waals surface area contributed by atoms with Crippen LogP contribution in [0.1, 0.15) is 5.56 Å². The first-order chi connectivity index (χ1) is 19.8. The molecule has 8 aromatic rings. The molecule has 0 fully saturated rings. The lowest BCUT2D eigenvalue weighted by Gasteiger charge is -2.18. The minimum absolute atomic E-state index is 0.615. The molecule has 8 rings (SSSR count). The number of hydrogen-bond acceptors (Lipinski definition) is 2. The van der Waals surface area contributed by atoms with Gasteiger partial charge in [0, 0.05) is 38.9 Å². The Kier molecular flexibility index (Phi) is 4.85. The molecule has 0 saturated carbocycles. The maximum atomic E-state index is 9.94.